The molecule has 5 heteroatoms. The van der Waals surface area contributed by atoms with E-state index in [1.54, 1.807) is 12.1 Å². The molecule has 2 aromatic carbocycles. The van der Waals surface area contributed by atoms with Gasteiger partial charge in [0.05, 0.1) is 6.42 Å². The summed E-state index contributed by atoms with van der Waals surface area (Å²) in [6, 6.07) is 17.1. The maximum atomic E-state index is 12.2. The van der Waals surface area contributed by atoms with Gasteiger partial charge in [-0.15, -0.1) is 0 Å². The van der Waals surface area contributed by atoms with E-state index in [1.807, 2.05) is 48.5 Å². The van der Waals surface area contributed by atoms with E-state index in [1.165, 1.54) is 0 Å². The van der Waals surface area contributed by atoms with Crippen molar-refractivity contribution in [2.24, 2.45) is 5.84 Å². The summed E-state index contributed by atoms with van der Waals surface area (Å²) in [6.07, 6.45) is 0.253. The summed E-state index contributed by atoms with van der Waals surface area (Å²) in [5, 5.41) is 10.2. The van der Waals surface area contributed by atoms with E-state index in [0.717, 1.165) is 16.1 Å². The molecule has 0 spiro atoms. The standard InChI is InChI=1S/C17H18N2O3/c18-19(16(20)12-14-9-5-2-6-10-14)15(17(21)22)11-13-7-3-1-4-8-13/h1-10,15H,11-12,18H2,(H,21,22)/t15-/m0/s1. The number of hydrazine groups is 1. The van der Waals surface area contributed by atoms with Gasteiger partial charge in [-0.25, -0.2) is 10.6 Å². The summed E-state index contributed by atoms with van der Waals surface area (Å²) >= 11 is 0. The molecule has 2 aromatic rings. The molecular weight excluding hydrogens is 280 g/mol. The quantitative estimate of drug-likeness (QED) is 0.482. The van der Waals surface area contributed by atoms with Crippen LogP contribution in [-0.4, -0.2) is 28.0 Å². The SMILES string of the molecule is NN(C(=O)Cc1ccccc1)[C@@H](Cc1ccccc1)C(=O)O. The maximum absolute atomic E-state index is 12.2. The minimum atomic E-state index is -1.12. The lowest BCUT2D eigenvalue weighted by molar-refractivity contribution is -0.150. The number of carbonyl (C=O) groups is 2. The number of carboxylic acids is 1. The number of hydrogen-bond donors (Lipinski definition) is 2. The first-order valence-electron chi connectivity index (χ1n) is 6.95. The second-order valence-electron chi connectivity index (χ2n) is 5.01. The Bertz CT molecular complexity index is 629. The van der Waals surface area contributed by atoms with Crippen LogP contribution in [0.5, 0.6) is 0 Å². The van der Waals surface area contributed by atoms with E-state index in [-0.39, 0.29) is 12.8 Å². The Balaban J connectivity index is 2.07. The summed E-state index contributed by atoms with van der Waals surface area (Å²) in [5.41, 5.74) is 1.62. The van der Waals surface area contributed by atoms with E-state index >= 15 is 0 Å². The van der Waals surface area contributed by atoms with Crippen molar-refractivity contribution in [3.05, 3.63) is 71.8 Å². The first-order valence-corrected chi connectivity index (χ1v) is 6.95. The molecule has 114 valence electrons. The van der Waals surface area contributed by atoms with Gasteiger partial charge in [0.1, 0.15) is 6.04 Å². The number of carbonyl (C=O) groups excluding carboxylic acids is 1. The molecule has 22 heavy (non-hydrogen) atoms. The summed E-state index contributed by atoms with van der Waals surface area (Å²) in [4.78, 5) is 23.6. The van der Waals surface area contributed by atoms with Crippen molar-refractivity contribution in [2.75, 3.05) is 0 Å². The van der Waals surface area contributed by atoms with Gasteiger partial charge in [0.15, 0.2) is 0 Å². The van der Waals surface area contributed by atoms with Crippen molar-refractivity contribution in [3.8, 4) is 0 Å². The molecular formula is C17H18N2O3. The third-order valence-corrected chi connectivity index (χ3v) is 3.38. The first kappa shape index (κ1) is 15.7. The highest BCUT2D eigenvalue weighted by atomic mass is 16.4. The van der Waals surface area contributed by atoms with Gasteiger partial charge >= 0.3 is 5.97 Å². The van der Waals surface area contributed by atoms with Gasteiger partial charge < -0.3 is 5.11 Å². The Morgan fingerprint density at radius 1 is 0.955 bits per heavy atom. The number of nitrogens with zero attached hydrogens (tertiary/aromatic N) is 1. The lowest BCUT2D eigenvalue weighted by Crippen LogP contribution is -2.51. The number of carboxylic acid groups (broad SMARTS) is 1. The smallest absolute Gasteiger partial charge is 0.328 e. The number of nitrogens with two attached hydrogens (primary N) is 1. The predicted molar refractivity (Wildman–Crippen MR) is 82.7 cm³/mol. The Hall–Kier alpha value is -2.66. The summed E-state index contributed by atoms with van der Waals surface area (Å²) in [6.45, 7) is 0. The number of amides is 1. The lowest BCUT2D eigenvalue weighted by atomic mass is 10.0. The molecule has 0 bridgehead atoms. The van der Waals surface area contributed by atoms with E-state index in [4.69, 9.17) is 5.84 Å². The molecule has 2 rings (SSSR count). The maximum Gasteiger partial charge on any atom is 0.328 e. The molecule has 0 aromatic heterocycles. The second-order valence-corrected chi connectivity index (χ2v) is 5.01. The molecule has 0 radical (unpaired) electrons. The van der Waals surface area contributed by atoms with E-state index in [9.17, 15) is 14.7 Å². The molecule has 3 N–H and O–H groups in total. The summed E-state index contributed by atoms with van der Waals surface area (Å²) in [5.74, 6) is 4.22. The van der Waals surface area contributed by atoms with Crippen LogP contribution >= 0.6 is 0 Å². The van der Waals surface area contributed by atoms with Gasteiger partial charge in [-0.1, -0.05) is 60.7 Å². The van der Waals surface area contributed by atoms with E-state index in [2.05, 4.69) is 0 Å². The van der Waals surface area contributed by atoms with Crippen molar-refractivity contribution < 1.29 is 14.7 Å². The fourth-order valence-electron chi connectivity index (χ4n) is 2.18. The molecule has 0 fully saturated rings. The molecule has 0 aliphatic carbocycles. The monoisotopic (exact) mass is 298 g/mol. The number of aliphatic carboxylic acids is 1. The van der Waals surface area contributed by atoms with Crippen molar-refractivity contribution in [1.82, 2.24) is 5.01 Å². The van der Waals surface area contributed by atoms with Crippen LogP contribution in [-0.2, 0) is 22.4 Å². The van der Waals surface area contributed by atoms with Crippen molar-refractivity contribution >= 4 is 11.9 Å². The highest BCUT2D eigenvalue weighted by molar-refractivity contribution is 5.84. The summed E-state index contributed by atoms with van der Waals surface area (Å²) < 4.78 is 0. The van der Waals surface area contributed by atoms with Crippen LogP contribution in [0, 0.1) is 0 Å². The Morgan fingerprint density at radius 2 is 1.45 bits per heavy atom. The molecule has 0 aliphatic heterocycles. The molecule has 5 nitrogen and oxygen atoms in total. The fourth-order valence-corrected chi connectivity index (χ4v) is 2.18. The Labute approximate surface area is 129 Å². The minimum Gasteiger partial charge on any atom is -0.480 e. The average Bonchev–Trinajstić information content (AvgIpc) is 2.53. The zero-order chi connectivity index (χ0) is 15.9. The zero-order valence-corrected chi connectivity index (χ0v) is 12.1. The number of rotatable bonds is 6. The van der Waals surface area contributed by atoms with Crippen LogP contribution in [0.3, 0.4) is 0 Å². The molecule has 0 saturated carbocycles. The van der Waals surface area contributed by atoms with Gasteiger partial charge in [-0.3, -0.25) is 9.80 Å². The highest BCUT2D eigenvalue weighted by Gasteiger charge is 2.27. The van der Waals surface area contributed by atoms with Crippen LogP contribution in [0.15, 0.2) is 60.7 Å². The van der Waals surface area contributed by atoms with Gasteiger partial charge in [0, 0.05) is 6.42 Å². The molecule has 1 amide bonds. The third-order valence-electron chi connectivity index (χ3n) is 3.38. The zero-order valence-electron chi connectivity index (χ0n) is 12.1. The molecule has 0 unspecified atom stereocenters. The lowest BCUT2D eigenvalue weighted by Gasteiger charge is -2.24. The molecule has 0 heterocycles. The van der Waals surface area contributed by atoms with Crippen LogP contribution in [0.25, 0.3) is 0 Å². The van der Waals surface area contributed by atoms with Crippen molar-refractivity contribution in [1.29, 1.82) is 0 Å². The minimum absolute atomic E-state index is 0.0793. The van der Waals surface area contributed by atoms with Gasteiger partial charge in [-0.2, -0.15) is 0 Å². The van der Waals surface area contributed by atoms with Crippen LogP contribution < -0.4 is 5.84 Å². The average molecular weight is 298 g/mol. The topological polar surface area (TPSA) is 83.6 Å². The molecule has 1 atom stereocenters. The van der Waals surface area contributed by atoms with Gasteiger partial charge in [0.25, 0.3) is 0 Å². The Morgan fingerprint density at radius 3 is 1.95 bits per heavy atom. The van der Waals surface area contributed by atoms with Crippen LogP contribution in [0.4, 0.5) is 0 Å². The predicted octanol–water partition coefficient (Wildman–Crippen LogP) is 1.63. The molecule has 0 aliphatic rings. The van der Waals surface area contributed by atoms with Crippen molar-refractivity contribution in [2.45, 2.75) is 18.9 Å². The number of hydrogen-bond acceptors (Lipinski definition) is 3. The van der Waals surface area contributed by atoms with Crippen LogP contribution in [0.1, 0.15) is 11.1 Å². The fraction of sp³-hybridized carbons (Fsp3) is 0.176. The van der Waals surface area contributed by atoms with Gasteiger partial charge in [-0.05, 0) is 11.1 Å². The van der Waals surface area contributed by atoms with E-state index in [0.29, 0.717) is 0 Å². The summed E-state index contributed by atoms with van der Waals surface area (Å²) in [7, 11) is 0. The third kappa shape index (κ3) is 4.17. The van der Waals surface area contributed by atoms with E-state index < -0.39 is 17.9 Å². The second kappa shape index (κ2) is 7.38. The van der Waals surface area contributed by atoms with Gasteiger partial charge in [0.2, 0.25) is 5.91 Å². The Kier molecular flexibility index (Phi) is 5.27. The number of benzene rings is 2. The van der Waals surface area contributed by atoms with Crippen molar-refractivity contribution in [3.63, 3.8) is 0 Å². The van der Waals surface area contributed by atoms with Crippen LogP contribution in [0.2, 0.25) is 0 Å². The highest BCUT2D eigenvalue weighted by Crippen LogP contribution is 2.09. The first-order chi connectivity index (χ1) is 10.6. The normalized spacial score (nSPS) is 11.7. The largest absolute Gasteiger partial charge is 0.480 e. The molecule has 0 saturated heterocycles.